The Bertz CT molecular complexity index is 1110. The van der Waals surface area contributed by atoms with Crippen LogP contribution in [0, 0.1) is 5.92 Å². The minimum atomic E-state index is -3.95. The average Bonchev–Trinajstić information content (AvgIpc) is 2.88. The molecule has 3 N–H and O–H groups in total. The maximum atomic E-state index is 13.0. The Morgan fingerprint density at radius 2 is 1.56 bits per heavy atom. The van der Waals surface area contributed by atoms with E-state index in [4.69, 9.17) is 0 Å². The number of sulfonamides is 1. The maximum absolute atomic E-state index is 13.0. The zero-order valence-electron chi connectivity index (χ0n) is 24.2. The van der Waals surface area contributed by atoms with Gasteiger partial charge in [-0.25, -0.2) is 13.2 Å². The molecule has 0 unspecified atom stereocenters. The van der Waals surface area contributed by atoms with Crippen molar-refractivity contribution in [2.45, 2.75) is 90.6 Å². The van der Waals surface area contributed by atoms with E-state index in [9.17, 15) is 23.1 Å². The second kappa shape index (κ2) is 18.1. The van der Waals surface area contributed by atoms with Gasteiger partial charge in [0, 0.05) is 11.5 Å². The molecule has 0 aliphatic heterocycles. The number of hydrogen-bond acceptors (Lipinski definition) is 5. The molecule has 0 saturated heterocycles. The van der Waals surface area contributed by atoms with Crippen LogP contribution in [0.3, 0.4) is 0 Å². The monoisotopic (exact) mass is 578 g/mol. The van der Waals surface area contributed by atoms with Crippen molar-refractivity contribution >= 4 is 33.7 Å². The standard InChI is InChI=1S/C30H46N2O5S2/c1-7-25(6)28(32-39(36,37)26-17-9-8-10-18-26)29(33)31-27(30(34)35)21-38-20-19-24(5)16-12-15-23(4)14-11-13-22(2)3/h8-10,13,15,17-19,25,27-28,32H,7,11-12,14,16,20-21H2,1-6H3,(H,31,33)(H,34,35)/t25-,27-,28-/m0/s1. The Hall–Kier alpha value is -2.36. The first kappa shape index (κ1) is 34.7. The highest BCUT2D eigenvalue weighted by Crippen LogP contribution is 2.16. The van der Waals surface area contributed by atoms with Crippen LogP contribution in [0.5, 0.6) is 0 Å². The number of allylic oxidation sites excluding steroid dienone is 5. The highest BCUT2D eigenvalue weighted by molar-refractivity contribution is 7.99. The molecule has 0 spiro atoms. The number of amides is 1. The molecule has 0 bridgehead atoms. The van der Waals surface area contributed by atoms with Crippen molar-refractivity contribution in [3.63, 3.8) is 0 Å². The lowest BCUT2D eigenvalue weighted by Crippen LogP contribution is -2.54. The molecule has 218 valence electrons. The molecule has 1 amide bonds. The number of carbonyl (C=O) groups excluding carboxylic acids is 1. The van der Waals surface area contributed by atoms with Crippen LogP contribution in [0.4, 0.5) is 0 Å². The molecule has 39 heavy (non-hydrogen) atoms. The molecule has 1 aromatic carbocycles. The first-order chi connectivity index (χ1) is 18.4. The number of benzene rings is 1. The van der Waals surface area contributed by atoms with Gasteiger partial charge in [0.25, 0.3) is 0 Å². The van der Waals surface area contributed by atoms with Crippen molar-refractivity contribution in [3.8, 4) is 0 Å². The van der Waals surface area contributed by atoms with Crippen LogP contribution in [0.25, 0.3) is 0 Å². The van der Waals surface area contributed by atoms with E-state index in [-0.39, 0.29) is 16.6 Å². The summed E-state index contributed by atoms with van der Waals surface area (Å²) in [6, 6.07) is 5.59. The smallest absolute Gasteiger partial charge is 0.327 e. The molecular weight excluding hydrogens is 532 g/mol. The van der Waals surface area contributed by atoms with Gasteiger partial charge in [0.2, 0.25) is 15.9 Å². The van der Waals surface area contributed by atoms with Gasteiger partial charge in [-0.3, -0.25) is 4.79 Å². The summed E-state index contributed by atoms with van der Waals surface area (Å²) in [6.45, 7) is 12.1. The quantitative estimate of drug-likeness (QED) is 0.143. The second-order valence-electron chi connectivity index (χ2n) is 10.2. The van der Waals surface area contributed by atoms with Crippen molar-refractivity contribution in [2.75, 3.05) is 11.5 Å². The Morgan fingerprint density at radius 3 is 2.13 bits per heavy atom. The number of nitrogens with one attached hydrogen (secondary N) is 2. The van der Waals surface area contributed by atoms with E-state index in [1.54, 1.807) is 25.1 Å². The molecule has 1 rings (SSSR count). The summed E-state index contributed by atoms with van der Waals surface area (Å²) in [6.07, 6.45) is 11.2. The lowest BCUT2D eigenvalue weighted by Gasteiger charge is -2.25. The molecule has 0 radical (unpaired) electrons. The van der Waals surface area contributed by atoms with Gasteiger partial charge in [0.05, 0.1) is 4.90 Å². The summed E-state index contributed by atoms with van der Waals surface area (Å²) in [5.74, 6) is -1.33. The fraction of sp³-hybridized carbons (Fsp3) is 0.533. The Kier molecular flexibility index (Phi) is 16.1. The highest BCUT2D eigenvalue weighted by atomic mass is 32.2. The molecule has 0 fully saturated rings. The van der Waals surface area contributed by atoms with Crippen LogP contribution < -0.4 is 10.0 Å². The third-order valence-corrected chi connectivity index (χ3v) is 8.83. The lowest BCUT2D eigenvalue weighted by molar-refractivity contribution is -0.141. The van der Waals surface area contributed by atoms with Crippen LogP contribution in [0.2, 0.25) is 0 Å². The van der Waals surface area contributed by atoms with Crippen LogP contribution in [0.1, 0.15) is 73.6 Å². The summed E-state index contributed by atoms with van der Waals surface area (Å²) >= 11 is 1.42. The van der Waals surface area contributed by atoms with E-state index in [1.807, 2.05) is 6.92 Å². The summed E-state index contributed by atoms with van der Waals surface area (Å²) < 4.78 is 28.1. The number of hydrogen-bond donors (Lipinski definition) is 3. The predicted octanol–water partition coefficient (Wildman–Crippen LogP) is 6.10. The first-order valence-corrected chi connectivity index (χ1v) is 16.1. The van der Waals surface area contributed by atoms with Crippen molar-refractivity contribution in [3.05, 3.63) is 65.3 Å². The SMILES string of the molecule is CC[C@H](C)[C@H](NS(=O)(=O)c1ccccc1)C(=O)N[C@@H](CSCC=C(C)CCC=C(C)CCC=C(C)C)C(=O)O. The lowest BCUT2D eigenvalue weighted by atomic mass is 9.99. The van der Waals surface area contributed by atoms with Gasteiger partial charge < -0.3 is 10.4 Å². The van der Waals surface area contributed by atoms with Gasteiger partial charge in [-0.15, -0.1) is 0 Å². The van der Waals surface area contributed by atoms with Crippen molar-refractivity contribution in [1.29, 1.82) is 0 Å². The average molecular weight is 579 g/mol. The first-order valence-electron chi connectivity index (χ1n) is 13.5. The number of carboxylic acid groups (broad SMARTS) is 1. The minimum absolute atomic E-state index is 0.0491. The molecule has 7 nitrogen and oxygen atoms in total. The summed E-state index contributed by atoms with van der Waals surface area (Å²) in [4.78, 5) is 25.0. The molecule has 3 atom stereocenters. The Morgan fingerprint density at radius 1 is 0.974 bits per heavy atom. The van der Waals surface area contributed by atoms with E-state index in [0.29, 0.717) is 12.2 Å². The fourth-order valence-electron chi connectivity index (χ4n) is 3.66. The van der Waals surface area contributed by atoms with Crippen LogP contribution in [0.15, 0.2) is 70.2 Å². The number of thioether (sulfide) groups is 1. The molecule has 0 heterocycles. The Labute approximate surface area is 239 Å². The summed E-state index contributed by atoms with van der Waals surface area (Å²) in [7, 11) is -3.95. The van der Waals surface area contributed by atoms with E-state index < -0.39 is 34.0 Å². The summed E-state index contributed by atoms with van der Waals surface area (Å²) in [5.41, 5.74) is 3.96. The van der Waals surface area contributed by atoms with Crippen LogP contribution in [-0.4, -0.2) is 49.0 Å². The van der Waals surface area contributed by atoms with Gasteiger partial charge in [-0.1, -0.05) is 73.4 Å². The van der Waals surface area contributed by atoms with Gasteiger partial charge in [-0.05, 0) is 71.4 Å². The maximum Gasteiger partial charge on any atom is 0.327 e. The molecule has 0 saturated carbocycles. The number of carboxylic acids is 1. The van der Waals surface area contributed by atoms with Crippen molar-refractivity contribution in [1.82, 2.24) is 10.0 Å². The predicted molar refractivity (Wildman–Crippen MR) is 162 cm³/mol. The molecule has 0 aromatic heterocycles. The van der Waals surface area contributed by atoms with Crippen molar-refractivity contribution in [2.24, 2.45) is 5.92 Å². The number of carbonyl (C=O) groups is 2. The number of rotatable bonds is 18. The van der Waals surface area contributed by atoms with Crippen LogP contribution >= 0.6 is 11.8 Å². The topological polar surface area (TPSA) is 113 Å². The third-order valence-electron chi connectivity index (χ3n) is 6.40. The van der Waals surface area contributed by atoms with Gasteiger partial charge in [-0.2, -0.15) is 16.5 Å². The molecule has 9 heteroatoms. The second-order valence-corrected chi connectivity index (χ2v) is 13.0. The zero-order chi connectivity index (χ0) is 29.4. The summed E-state index contributed by atoms with van der Waals surface area (Å²) in [5, 5.41) is 12.2. The van der Waals surface area contributed by atoms with Crippen LogP contribution in [-0.2, 0) is 19.6 Å². The largest absolute Gasteiger partial charge is 0.480 e. The normalized spacial score (nSPS) is 14.8. The molecule has 1 aromatic rings. The van der Waals surface area contributed by atoms with E-state index >= 15 is 0 Å². The van der Waals surface area contributed by atoms with Gasteiger partial charge in [0.1, 0.15) is 12.1 Å². The van der Waals surface area contributed by atoms with E-state index in [2.05, 4.69) is 56.0 Å². The minimum Gasteiger partial charge on any atom is -0.480 e. The molecule has 0 aliphatic rings. The van der Waals surface area contributed by atoms with Gasteiger partial charge >= 0.3 is 5.97 Å². The Balaban J connectivity index is 2.66. The highest BCUT2D eigenvalue weighted by Gasteiger charge is 2.32. The number of aliphatic carboxylic acids is 1. The van der Waals surface area contributed by atoms with Gasteiger partial charge in [0.15, 0.2) is 0 Å². The fourth-order valence-corrected chi connectivity index (χ4v) is 5.99. The van der Waals surface area contributed by atoms with E-state index in [0.717, 1.165) is 25.7 Å². The van der Waals surface area contributed by atoms with Crippen molar-refractivity contribution < 1.29 is 23.1 Å². The third kappa shape index (κ3) is 14.0. The zero-order valence-corrected chi connectivity index (χ0v) is 25.8. The molecular formula is C30H46N2O5S2. The van der Waals surface area contributed by atoms with E-state index in [1.165, 1.54) is 40.6 Å². The molecule has 0 aliphatic carbocycles.